The third-order valence-corrected chi connectivity index (χ3v) is 0. The first-order valence-electron chi connectivity index (χ1n) is 0. The van der Waals surface area contributed by atoms with E-state index in [0.29, 0.717) is 0 Å². The van der Waals surface area contributed by atoms with Crippen molar-refractivity contribution in [1.29, 1.82) is 0 Å². The van der Waals surface area contributed by atoms with Crippen molar-refractivity contribution in [2.75, 3.05) is 0 Å². The Balaban J connectivity index is 0. The van der Waals surface area contributed by atoms with E-state index in [4.69, 9.17) is 0 Å². The average Bonchev–Trinajstić information content (AvgIpc) is 0. The van der Waals surface area contributed by atoms with Gasteiger partial charge in [-0.05, 0) is 0 Å². The molecule has 0 bridgehead atoms. The van der Waals surface area contributed by atoms with E-state index in [-0.39, 0.29) is 73.0 Å². The number of hydrogen-bond acceptors (Lipinski definition) is 0. The summed E-state index contributed by atoms with van der Waals surface area (Å²) in [6, 6.07) is 0. The van der Waals surface area contributed by atoms with Crippen molar-refractivity contribution in [3.63, 3.8) is 0 Å². The van der Waals surface area contributed by atoms with Crippen molar-refractivity contribution >= 4 is 17.4 Å². The summed E-state index contributed by atoms with van der Waals surface area (Å²) in [5.74, 6) is 0. The van der Waals surface area contributed by atoms with E-state index in [9.17, 15) is 0 Å². The van der Waals surface area contributed by atoms with Gasteiger partial charge in [0.2, 0.25) is 0 Å². The Kier molecular flexibility index (Phi) is 157. The van der Waals surface area contributed by atoms with Gasteiger partial charge >= 0.3 is 0 Å². The molecular weight excluding hydrogens is 326 g/mol. The Bertz CT molecular complexity index is 8.00. The third kappa shape index (κ3) is 8.86. The molecule has 0 aromatic rings. The summed E-state index contributed by atoms with van der Waals surface area (Å²) in [5.41, 5.74) is 0. The molecule has 0 rings (SSSR count). The van der Waals surface area contributed by atoms with Crippen molar-refractivity contribution in [3.05, 3.63) is 0 Å². The zero-order valence-electron chi connectivity index (χ0n) is 1.10. The molecular formula is H3AlCoNiTa. The maximum absolute atomic E-state index is 0. The van der Waals surface area contributed by atoms with E-state index in [1.807, 2.05) is 0 Å². The minimum Gasteiger partial charge on any atom is 0 e. The normalized spacial score (nSPS) is 0. The van der Waals surface area contributed by atoms with Gasteiger partial charge in [0, 0.05) is 55.7 Å². The van der Waals surface area contributed by atoms with Crippen molar-refractivity contribution < 1.29 is 55.7 Å². The third-order valence-electron chi connectivity index (χ3n) is 0. The molecule has 0 N–H and O–H groups in total. The molecule has 0 atom stereocenters. The molecule has 0 aliphatic carbocycles. The summed E-state index contributed by atoms with van der Waals surface area (Å²) >= 11 is 0. The van der Waals surface area contributed by atoms with Crippen LogP contribution in [-0.2, 0) is 55.7 Å². The second-order valence-corrected chi connectivity index (χ2v) is 0. The summed E-state index contributed by atoms with van der Waals surface area (Å²) in [6.07, 6.45) is 0. The molecule has 0 unspecified atom stereocenters. The van der Waals surface area contributed by atoms with Gasteiger partial charge in [0.15, 0.2) is 17.4 Å². The maximum Gasteiger partial charge on any atom is 0.187 e. The van der Waals surface area contributed by atoms with Crippen LogP contribution in [-0.4, -0.2) is 17.4 Å². The molecule has 0 aliphatic rings. The zero-order valence-corrected chi connectivity index (χ0v) is 6.34. The summed E-state index contributed by atoms with van der Waals surface area (Å²) in [6.45, 7) is 0. The second kappa shape index (κ2) is 18.6. The van der Waals surface area contributed by atoms with E-state index in [0.717, 1.165) is 0 Å². The average molecular weight is 329 g/mol. The molecule has 2 radical (unpaired) electrons. The van der Waals surface area contributed by atoms with Crippen molar-refractivity contribution in [3.8, 4) is 0 Å². The van der Waals surface area contributed by atoms with Gasteiger partial charge in [-0.2, -0.15) is 0 Å². The molecule has 0 nitrogen and oxygen atoms in total. The summed E-state index contributed by atoms with van der Waals surface area (Å²) in [7, 11) is 0. The minimum atomic E-state index is 0. The topological polar surface area (TPSA) is 0 Å². The van der Waals surface area contributed by atoms with Crippen LogP contribution in [0.5, 0.6) is 0 Å². The van der Waals surface area contributed by atoms with Crippen molar-refractivity contribution in [2.24, 2.45) is 0 Å². The molecule has 0 heterocycles. The van der Waals surface area contributed by atoms with Gasteiger partial charge in [0.1, 0.15) is 0 Å². The Labute approximate surface area is 72.2 Å². The van der Waals surface area contributed by atoms with Crippen LogP contribution < -0.4 is 0 Å². The quantitative estimate of drug-likeness (QED) is 0.491. The van der Waals surface area contributed by atoms with E-state index < -0.39 is 0 Å². The first-order valence-corrected chi connectivity index (χ1v) is 0. The van der Waals surface area contributed by atoms with Crippen LogP contribution >= 0.6 is 0 Å². The van der Waals surface area contributed by atoms with Gasteiger partial charge in [-0.3, -0.25) is 0 Å². The maximum atomic E-state index is 0. The SMILES string of the molecule is [AlH3].[Co].[Ni].[Ta]. The van der Waals surface area contributed by atoms with Gasteiger partial charge in [-0.15, -0.1) is 0 Å². The molecule has 30 valence electrons. The molecule has 0 amide bonds. The molecule has 0 aromatic carbocycles. The molecule has 0 spiro atoms. The Morgan fingerprint density at radius 1 is 1.00 bits per heavy atom. The van der Waals surface area contributed by atoms with Gasteiger partial charge in [-0.1, -0.05) is 0 Å². The van der Waals surface area contributed by atoms with Crippen LogP contribution in [0.4, 0.5) is 0 Å². The minimum absolute atomic E-state index is 0. The Hall–Kier alpha value is 2.27. The van der Waals surface area contributed by atoms with E-state index in [2.05, 4.69) is 0 Å². The summed E-state index contributed by atoms with van der Waals surface area (Å²) < 4.78 is 0. The fourth-order valence-electron chi connectivity index (χ4n) is 0. The van der Waals surface area contributed by atoms with E-state index in [1.165, 1.54) is 0 Å². The molecule has 0 saturated carbocycles. The molecule has 4 heteroatoms. The standard InChI is InChI=1S/Al.Co.Ni.Ta.3H. The van der Waals surface area contributed by atoms with Gasteiger partial charge < -0.3 is 0 Å². The molecule has 0 aliphatic heterocycles. The van der Waals surface area contributed by atoms with Gasteiger partial charge in [0.05, 0.1) is 0 Å². The first kappa shape index (κ1) is 33.8. The summed E-state index contributed by atoms with van der Waals surface area (Å²) in [5, 5.41) is 0. The first-order chi connectivity index (χ1) is 0. The Morgan fingerprint density at radius 2 is 1.00 bits per heavy atom. The Morgan fingerprint density at radius 3 is 1.00 bits per heavy atom. The van der Waals surface area contributed by atoms with Crippen LogP contribution in [0.15, 0.2) is 0 Å². The predicted octanol–water partition coefficient (Wildman–Crippen LogP) is -1.19. The smallest absolute Gasteiger partial charge is 0 e. The van der Waals surface area contributed by atoms with Gasteiger partial charge in [-0.25, -0.2) is 0 Å². The van der Waals surface area contributed by atoms with Crippen molar-refractivity contribution in [2.45, 2.75) is 0 Å². The predicted molar refractivity (Wildman–Crippen MR) is 9.94 cm³/mol. The number of hydrogen-bond donors (Lipinski definition) is 0. The fourth-order valence-corrected chi connectivity index (χ4v) is 0. The molecule has 0 fully saturated rings. The largest absolute Gasteiger partial charge is 0.187 e. The van der Waals surface area contributed by atoms with Crippen LogP contribution in [0.2, 0.25) is 0 Å². The van der Waals surface area contributed by atoms with Crippen LogP contribution in [0.25, 0.3) is 0 Å². The van der Waals surface area contributed by atoms with Crippen LogP contribution in [0, 0.1) is 0 Å². The zero-order chi connectivity index (χ0) is 0. The van der Waals surface area contributed by atoms with Crippen LogP contribution in [0.1, 0.15) is 0 Å². The summed E-state index contributed by atoms with van der Waals surface area (Å²) in [4.78, 5) is 0. The second-order valence-electron chi connectivity index (χ2n) is 0. The molecule has 0 aromatic heterocycles. The fraction of sp³-hybridized carbons (Fsp3) is 0. The number of rotatable bonds is 0. The molecule has 0 saturated heterocycles. The van der Waals surface area contributed by atoms with E-state index in [1.54, 1.807) is 0 Å². The van der Waals surface area contributed by atoms with Gasteiger partial charge in [0.25, 0.3) is 0 Å². The molecule has 4 heavy (non-hydrogen) atoms. The monoisotopic (exact) mass is 328 g/mol. The van der Waals surface area contributed by atoms with Crippen molar-refractivity contribution in [1.82, 2.24) is 0 Å². The van der Waals surface area contributed by atoms with Crippen LogP contribution in [0.3, 0.4) is 0 Å². The van der Waals surface area contributed by atoms with E-state index >= 15 is 0 Å².